The summed E-state index contributed by atoms with van der Waals surface area (Å²) in [7, 11) is 0. The molecular formula is C27H43NO8. The van der Waals surface area contributed by atoms with Gasteiger partial charge in [-0.25, -0.2) is 0 Å². The summed E-state index contributed by atoms with van der Waals surface area (Å²) in [5.41, 5.74) is -4.88. The second kappa shape index (κ2) is 7.04. The molecule has 3 saturated heterocycles. The molecule has 7 fully saturated rings. The van der Waals surface area contributed by atoms with Crippen LogP contribution in [0.3, 0.4) is 0 Å². The molecule has 0 aromatic heterocycles. The van der Waals surface area contributed by atoms with Gasteiger partial charge in [0.15, 0.2) is 5.79 Å². The van der Waals surface area contributed by atoms with E-state index in [4.69, 9.17) is 4.74 Å². The molecule has 7 N–H and O–H groups in total. The Morgan fingerprint density at radius 2 is 1.67 bits per heavy atom. The lowest BCUT2D eigenvalue weighted by Gasteiger charge is -2.63. The van der Waals surface area contributed by atoms with Gasteiger partial charge >= 0.3 is 0 Å². The first-order valence-corrected chi connectivity index (χ1v) is 14.1. The van der Waals surface area contributed by atoms with Crippen molar-refractivity contribution in [1.82, 2.24) is 4.90 Å². The van der Waals surface area contributed by atoms with Crippen molar-refractivity contribution >= 4 is 0 Å². The Kier molecular flexibility index (Phi) is 4.82. The number of aliphatic hydroxyl groups is 7. The van der Waals surface area contributed by atoms with Gasteiger partial charge in [0, 0.05) is 42.3 Å². The summed E-state index contributed by atoms with van der Waals surface area (Å²) in [5, 5.41) is 81.4. The van der Waals surface area contributed by atoms with Gasteiger partial charge in [-0.15, -0.1) is 0 Å². The predicted molar refractivity (Wildman–Crippen MR) is 126 cm³/mol. The van der Waals surface area contributed by atoms with E-state index in [0.29, 0.717) is 31.7 Å². The highest BCUT2D eigenvalue weighted by Crippen LogP contribution is 2.76. The Morgan fingerprint density at radius 1 is 0.944 bits per heavy atom. The van der Waals surface area contributed by atoms with Gasteiger partial charge in [-0.05, 0) is 63.2 Å². The molecule has 0 amide bonds. The Hall–Kier alpha value is -0.360. The summed E-state index contributed by atoms with van der Waals surface area (Å²) < 4.78 is 6.51. The molecule has 7 aliphatic rings. The fourth-order valence-electron chi connectivity index (χ4n) is 11.4. The smallest absolute Gasteiger partial charge is 0.196 e. The number of hydrogen-bond donors (Lipinski definition) is 7. The first-order valence-electron chi connectivity index (χ1n) is 14.1. The van der Waals surface area contributed by atoms with E-state index in [1.807, 2.05) is 6.92 Å². The second-order valence-electron chi connectivity index (χ2n) is 14.2. The molecular weight excluding hydrogens is 466 g/mol. The van der Waals surface area contributed by atoms with Crippen molar-refractivity contribution in [3.63, 3.8) is 0 Å². The Morgan fingerprint density at radius 3 is 2.39 bits per heavy atom. The van der Waals surface area contributed by atoms with Crippen LogP contribution in [-0.2, 0) is 4.74 Å². The molecule has 5 unspecified atom stereocenters. The third-order valence-electron chi connectivity index (χ3n) is 12.8. The normalized spacial score (nSPS) is 68.0. The van der Waals surface area contributed by atoms with Crippen LogP contribution in [0.25, 0.3) is 0 Å². The molecule has 7 rings (SSSR count). The van der Waals surface area contributed by atoms with Crippen molar-refractivity contribution < 1.29 is 40.5 Å². The predicted octanol–water partition coefficient (Wildman–Crippen LogP) is -0.814. The maximum absolute atomic E-state index is 12.5. The van der Waals surface area contributed by atoms with Crippen LogP contribution in [-0.4, -0.2) is 107 Å². The average Bonchev–Trinajstić information content (AvgIpc) is 3.08. The van der Waals surface area contributed by atoms with Crippen LogP contribution in [0, 0.1) is 40.9 Å². The monoisotopic (exact) mass is 509 g/mol. The first kappa shape index (κ1) is 24.7. The van der Waals surface area contributed by atoms with Gasteiger partial charge in [-0.1, -0.05) is 13.8 Å². The minimum absolute atomic E-state index is 0.130. The number of rotatable bonds is 0. The highest BCUT2D eigenvalue weighted by Gasteiger charge is 2.86. The number of aliphatic hydroxyl groups excluding tert-OH is 4. The highest BCUT2D eigenvalue weighted by atomic mass is 16.7. The van der Waals surface area contributed by atoms with Gasteiger partial charge in [0.25, 0.3) is 0 Å². The van der Waals surface area contributed by atoms with E-state index in [1.54, 1.807) is 6.92 Å². The molecule has 3 heterocycles. The zero-order valence-electron chi connectivity index (χ0n) is 21.5. The van der Waals surface area contributed by atoms with Crippen LogP contribution in [0.15, 0.2) is 0 Å². The number of fused-ring (bicyclic) bond motifs is 5. The fraction of sp³-hybridized carbons (Fsp3) is 1.00. The van der Waals surface area contributed by atoms with Crippen LogP contribution in [0.2, 0.25) is 0 Å². The Labute approximate surface area is 212 Å². The zero-order chi connectivity index (χ0) is 25.8. The molecule has 0 aromatic rings. The van der Waals surface area contributed by atoms with Crippen molar-refractivity contribution in [1.29, 1.82) is 0 Å². The lowest BCUT2D eigenvalue weighted by atomic mass is 9.49. The largest absolute Gasteiger partial charge is 0.393 e. The topological polar surface area (TPSA) is 154 Å². The number of nitrogens with zero attached hydrogens (tertiary/aromatic N) is 1. The molecule has 4 bridgehead atoms. The second-order valence-corrected chi connectivity index (χ2v) is 14.2. The lowest BCUT2D eigenvalue weighted by Crippen LogP contribution is -2.76. The molecule has 0 aromatic carbocycles. The van der Waals surface area contributed by atoms with E-state index < -0.39 is 76.1 Å². The van der Waals surface area contributed by atoms with Gasteiger partial charge in [0.05, 0.1) is 23.4 Å². The van der Waals surface area contributed by atoms with Crippen LogP contribution in [0.4, 0.5) is 0 Å². The number of hydrogen-bond acceptors (Lipinski definition) is 9. The van der Waals surface area contributed by atoms with E-state index in [-0.39, 0.29) is 18.4 Å². The molecule has 3 aliphatic heterocycles. The van der Waals surface area contributed by atoms with Gasteiger partial charge in [0.2, 0.25) is 0 Å². The molecule has 0 radical (unpaired) electrons. The van der Waals surface area contributed by atoms with E-state index in [9.17, 15) is 35.7 Å². The molecule has 1 spiro atoms. The summed E-state index contributed by atoms with van der Waals surface area (Å²) in [6.45, 7) is 7.40. The summed E-state index contributed by atoms with van der Waals surface area (Å²) in [4.78, 5) is 2.30. The van der Waals surface area contributed by atoms with E-state index in [2.05, 4.69) is 11.8 Å². The van der Waals surface area contributed by atoms with E-state index >= 15 is 0 Å². The number of ether oxygens (including phenoxy) is 1. The Bertz CT molecular complexity index is 964. The van der Waals surface area contributed by atoms with Crippen LogP contribution < -0.4 is 0 Å². The van der Waals surface area contributed by atoms with Crippen molar-refractivity contribution in [2.75, 3.05) is 13.1 Å². The minimum Gasteiger partial charge on any atom is -0.393 e. The summed E-state index contributed by atoms with van der Waals surface area (Å²) in [6, 6.07) is -0.130. The lowest BCUT2D eigenvalue weighted by molar-refractivity contribution is -0.295. The van der Waals surface area contributed by atoms with Crippen LogP contribution in [0.5, 0.6) is 0 Å². The summed E-state index contributed by atoms with van der Waals surface area (Å²) in [5.74, 6) is -4.29. The van der Waals surface area contributed by atoms with Crippen molar-refractivity contribution in [2.24, 2.45) is 40.9 Å². The van der Waals surface area contributed by atoms with Crippen molar-refractivity contribution in [3.8, 4) is 0 Å². The van der Waals surface area contributed by atoms with Gasteiger partial charge in [-0.2, -0.15) is 0 Å². The highest BCUT2D eigenvalue weighted by molar-refractivity contribution is 5.33. The zero-order valence-corrected chi connectivity index (χ0v) is 21.5. The number of piperidine rings is 2. The molecule has 204 valence electrons. The average molecular weight is 510 g/mol. The summed E-state index contributed by atoms with van der Waals surface area (Å²) >= 11 is 0. The Balaban J connectivity index is 1.37. The standard InChI is InChI=1S/C27H43NO8/c1-12-4-5-17-24(3,33)19-13(11-28(17)10-12)14-9-25-21(26(14,34)22(32)20(19)31)15(29)8-16-23(25,2)7-6-18(30)27(16,35)36-25/h12-22,29-35H,4-11H2,1-3H3/t12-,13-,14?,15+,16?,17?,18-,19?,20+,21?,22-,23-,24+,25+,26-,27+/m0/s1. The van der Waals surface area contributed by atoms with Gasteiger partial charge in [-0.3, -0.25) is 4.90 Å². The SMILES string of the molecule is C[C@H]1CCC2N(C1)C[C@@H]1C([C@@H](O)[C@H](O)[C@]3(O)C1C[C@@]14O[C@]5(O)C(C[C@@H](O)C31)[C@]4(C)CC[C@@H]5O)[C@]2(C)O. The van der Waals surface area contributed by atoms with Gasteiger partial charge in [0.1, 0.15) is 17.8 Å². The molecule has 9 nitrogen and oxygen atoms in total. The molecule has 4 aliphatic carbocycles. The minimum atomic E-state index is -1.85. The van der Waals surface area contributed by atoms with Gasteiger partial charge < -0.3 is 40.5 Å². The fourth-order valence-corrected chi connectivity index (χ4v) is 11.4. The van der Waals surface area contributed by atoms with Crippen LogP contribution in [0.1, 0.15) is 59.3 Å². The molecule has 9 heteroatoms. The third kappa shape index (κ3) is 2.46. The van der Waals surface area contributed by atoms with E-state index in [1.165, 1.54) is 0 Å². The first-order chi connectivity index (χ1) is 16.7. The molecule has 16 atom stereocenters. The quantitative estimate of drug-likeness (QED) is 0.222. The van der Waals surface area contributed by atoms with E-state index in [0.717, 1.165) is 19.4 Å². The maximum atomic E-state index is 12.5. The third-order valence-corrected chi connectivity index (χ3v) is 12.8. The summed E-state index contributed by atoms with van der Waals surface area (Å²) in [6.07, 6.45) is -1.92. The van der Waals surface area contributed by atoms with Crippen molar-refractivity contribution in [2.45, 2.75) is 112 Å². The van der Waals surface area contributed by atoms with Crippen LogP contribution >= 0.6 is 0 Å². The maximum Gasteiger partial charge on any atom is 0.196 e. The molecule has 4 saturated carbocycles. The van der Waals surface area contributed by atoms with Crippen molar-refractivity contribution in [3.05, 3.63) is 0 Å². The molecule has 36 heavy (non-hydrogen) atoms.